The second-order valence-corrected chi connectivity index (χ2v) is 1.72. The first-order valence-corrected chi connectivity index (χ1v) is 2.55. The first-order chi connectivity index (χ1) is 4.57. The molecule has 1 amide bonds. The monoisotopic (exact) mass is 147 g/mol. The summed E-state index contributed by atoms with van der Waals surface area (Å²) in [6, 6.07) is -1.18. The van der Waals surface area contributed by atoms with E-state index in [1.807, 2.05) is 0 Å². The Balaban J connectivity index is 3.68. The van der Waals surface area contributed by atoms with Crippen molar-refractivity contribution >= 4 is 11.9 Å². The smallest absolute Gasteiger partial charge is 0.321 e. The van der Waals surface area contributed by atoms with Gasteiger partial charge in [0.1, 0.15) is 6.04 Å². The lowest BCUT2D eigenvalue weighted by Crippen LogP contribution is -2.39. The minimum atomic E-state index is -1.22. The van der Waals surface area contributed by atoms with Crippen LogP contribution in [-0.2, 0) is 9.59 Å². The summed E-state index contributed by atoms with van der Waals surface area (Å²) in [6.07, 6.45) is -0.300. The lowest BCUT2D eigenvalue weighted by atomic mass is 10.2. The number of hydrogen-bond donors (Lipinski definition) is 4. The van der Waals surface area contributed by atoms with Crippen LogP contribution in [0.3, 0.4) is 0 Å². The van der Waals surface area contributed by atoms with Gasteiger partial charge in [0.25, 0.3) is 0 Å². The Labute approximate surface area is 57.2 Å². The number of amides is 1. The van der Waals surface area contributed by atoms with Crippen molar-refractivity contribution in [2.24, 2.45) is 11.6 Å². The summed E-state index contributed by atoms with van der Waals surface area (Å²) in [7, 11) is 0. The fraction of sp³-hybridized carbons (Fsp3) is 0.500. The van der Waals surface area contributed by atoms with Gasteiger partial charge in [-0.15, -0.1) is 0 Å². The molecule has 6 N–H and O–H groups in total. The molecule has 0 radical (unpaired) electrons. The number of carboxylic acid groups (broad SMARTS) is 1. The fourth-order valence-electron chi connectivity index (χ4n) is 0.346. The third kappa shape index (κ3) is 3.00. The quantitative estimate of drug-likeness (QED) is 0.205. The van der Waals surface area contributed by atoms with Crippen LogP contribution in [-0.4, -0.2) is 23.0 Å². The van der Waals surface area contributed by atoms with Gasteiger partial charge in [0.15, 0.2) is 0 Å². The van der Waals surface area contributed by atoms with E-state index in [9.17, 15) is 9.59 Å². The van der Waals surface area contributed by atoms with Crippen LogP contribution in [0.1, 0.15) is 6.42 Å². The van der Waals surface area contributed by atoms with Crippen molar-refractivity contribution in [3.63, 3.8) is 0 Å². The van der Waals surface area contributed by atoms with Crippen LogP contribution >= 0.6 is 0 Å². The Kier molecular flexibility index (Phi) is 3.37. The number of hydrazine groups is 1. The Bertz CT molecular complexity index is 147. The first-order valence-electron chi connectivity index (χ1n) is 2.55. The van der Waals surface area contributed by atoms with Gasteiger partial charge in [-0.05, 0) is 0 Å². The van der Waals surface area contributed by atoms with E-state index in [-0.39, 0.29) is 6.42 Å². The van der Waals surface area contributed by atoms with Crippen LogP contribution in [0, 0.1) is 0 Å². The van der Waals surface area contributed by atoms with Gasteiger partial charge >= 0.3 is 5.97 Å². The van der Waals surface area contributed by atoms with Crippen molar-refractivity contribution in [2.75, 3.05) is 0 Å². The molecule has 0 rings (SSSR count). The first kappa shape index (κ1) is 8.86. The van der Waals surface area contributed by atoms with Gasteiger partial charge in [-0.3, -0.25) is 15.0 Å². The lowest BCUT2D eigenvalue weighted by Gasteiger charge is -2.02. The lowest BCUT2D eigenvalue weighted by molar-refractivity contribution is -0.140. The molecule has 0 aliphatic rings. The summed E-state index contributed by atoms with van der Waals surface area (Å²) < 4.78 is 0. The topological polar surface area (TPSA) is 118 Å². The van der Waals surface area contributed by atoms with Gasteiger partial charge < -0.3 is 10.8 Å². The Morgan fingerprint density at radius 2 is 2.10 bits per heavy atom. The highest BCUT2D eigenvalue weighted by Gasteiger charge is 2.14. The van der Waals surface area contributed by atoms with E-state index >= 15 is 0 Å². The molecule has 0 saturated heterocycles. The molecule has 10 heavy (non-hydrogen) atoms. The molecule has 0 aromatic carbocycles. The van der Waals surface area contributed by atoms with Crippen molar-refractivity contribution in [3.8, 4) is 0 Å². The number of carboxylic acids is 1. The molecule has 0 heterocycles. The van der Waals surface area contributed by atoms with Crippen LogP contribution in [0.2, 0.25) is 0 Å². The number of hydrogen-bond acceptors (Lipinski definition) is 4. The van der Waals surface area contributed by atoms with Gasteiger partial charge in [-0.1, -0.05) is 0 Å². The average molecular weight is 147 g/mol. The molecule has 6 heteroatoms. The molecule has 0 aromatic rings. The van der Waals surface area contributed by atoms with Crippen LogP contribution in [0.15, 0.2) is 0 Å². The highest BCUT2D eigenvalue weighted by Crippen LogP contribution is 1.85. The predicted octanol–water partition coefficient (Wildman–Crippen LogP) is -2.22. The van der Waals surface area contributed by atoms with Crippen LogP contribution in [0.5, 0.6) is 0 Å². The van der Waals surface area contributed by atoms with E-state index < -0.39 is 17.9 Å². The van der Waals surface area contributed by atoms with Gasteiger partial charge in [0, 0.05) is 0 Å². The zero-order chi connectivity index (χ0) is 8.15. The van der Waals surface area contributed by atoms with E-state index in [0.717, 1.165) is 0 Å². The molecular weight excluding hydrogens is 138 g/mol. The summed E-state index contributed by atoms with van der Waals surface area (Å²) >= 11 is 0. The molecule has 0 aliphatic carbocycles. The summed E-state index contributed by atoms with van der Waals surface area (Å²) in [6.45, 7) is 0. The van der Waals surface area contributed by atoms with Crippen LogP contribution < -0.4 is 17.0 Å². The summed E-state index contributed by atoms with van der Waals surface area (Å²) in [5.74, 6) is 2.87. The molecule has 0 bridgehead atoms. The highest BCUT2D eigenvalue weighted by atomic mass is 16.4. The predicted molar refractivity (Wildman–Crippen MR) is 32.6 cm³/mol. The number of nitrogens with two attached hydrogens (primary N) is 2. The molecule has 1 atom stereocenters. The largest absolute Gasteiger partial charge is 0.480 e. The minimum Gasteiger partial charge on any atom is -0.480 e. The third-order valence-corrected chi connectivity index (χ3v) is 0.883. The number of carbonyl (C=O) groups excluding carboxylic acids is 1. The van der Waals surface area contributed by atoms with Gasteiger partial charge in [0.05, 0.1) is 6.42 Å². The molecule has 0 spiro atoms. The van der Waals surface area contributed by atoms with Crippen molar-refractivity contribution in [2.45, 2.75) is 12.5 Å². The molecule has 6 nitrogen and oxygen atoms in total. The van der Waals surface area contributed by atoms with E-state index in [2.05, 4.69) is 5.84 Å². The van der Waals surface area contributed by atoms with E-state index in [4.69, 9.17) is 10.8 Å². The summed E-state index contributed by atoms with van der Waals surface area (Å²) in [5, 5.41) is 8.18. The van der Waals surface area contributed by atoms with Crippen molar-refractivity contribution < 1.29 is 14.7 Å². The zero-order valence-electron chi connectivity index (χ0n) is 5.20. The van der Waals surface area contributed by atoms with E-state index in [1.165, 1.54) is 0 Å². The average Bonchev–Trinajstić information content (AvgIpc) is 1.87. The number of nitrogens with one attached hydrogen (secondary N) is 1. The SMILES string of the molecule is NNC(=O)C[C@@H](N)C(=O)O. The molecule has 0 aliphatic heterocycles. The van der Waals surface area contributed by atoms with Gasteiger partial charge in [0.2, 0.25) is 5.91 Å². The van der Waals surface area contributed by atoms with Gasteiger partial charge in [-0.2, -0.15) is 0 Å². The molecule has 58 valence electrons. The maximum atomic E-state index is 10.3. The molecule has 0 unspecified atom stereocenters. The van der Waals surface area contributed by atoms with E-state index in [0.29, 0.717) is 0 Å². The maximum absolute atomic E-state index is 10.3. The molecule has 0 aromatic heterocycles. The number of carbonyl (C=O) groups is 2. The zero-order valence-corrected chi connectivity index (χ0v) is 5.20. The molecule has 0 fully saturated rings. The van der Waals surface area contributed by atoms with Gasteiger partial charge in [-0.25, -0.2) is 5.84 Å². The summed E-state index contributed by atoms with van der Waals surface area (Å²) in [4.78, 5) is 20.4. The maximum Gasteiger partial charge on any atom is 0.321 e. The second-order valence-electron chi connectivity index (χ2n) is 1.72. The normalized spacial score (nSPS) is 12.2. The van der Waals surface area contributed by atoms with Crippen molar-refractivity contribution in [3.05, 3.63) is 0 Å². The minimum absolute atomic E-state index is 0.300. The van der Waals surface area contributed by atoms with Crippen LogP contribution in [0.25, 0.3) is 0 Å². The number of rotatable bonds is 3. The molecule has 0 saturated carbocycles. The fourth-order valence-corrected chi connectivity index (χ4v) is 0.346. The van der Waals surface area contributed by atoms with Crippen molar-refractivity contribution in [1.82, 2.24) is 5.43 Å². The van der Waals surface area contributed by atoms with E-state index in [1.54, 1.807) is 5.43 Å². The Morgan fingerprint density at radius 1 is 1.60 bits per heavy atom. The Morgan fingerprint density at radius 3 is 2.40 bits per heavy atom. The Hall–Kier alpha value is -1.14. The number of aliphatic carboxylic acids is 1. The molecular formula is C4H9N3O3. The standard InChI is InChI=1S/C4H9N3O3/c5-2(4(9)10)1-3(8)7-6/h2H,1,5-6H2,(H,7,8)(H,9,10)/t2-/m1/s1. The summed E-state index contributed by atoms with van der Waals surface area (Å²) in [5.41, 5.74) is 6.75. The highest BCUT2D eigenvalue weighted by molar-refractivity contribution is 5.83. The van der Waals surface area contributed by atoms with Crippen molar-refractivity contribution in [1.29, 1.82) is 0 Å². The second kappa shape index (κ2) is 3.80. The third-order valence-electron chi connectivity index (χ3n) is 0.883. The van der Waals surface area contributed by atoms with Crippen LogP contribution in [0.4, 0.5) is 0 Å².